The van der Waals surface area contributed by atoms with E-state index in [9.17, 15) is 4.79 Å². The molecule has 0 saturated heterocycles. The van der Waals surface area contributed by atoms with Gasteiger partial charge in [-0.3, -0.25) is 4.79 Å². The van der Waals surface area contributed by atoms with Crippen LogP contribution in [0.1, 0.15) is 78.7 Å². The van der Waals surface area contributed by atoms with Crippen LogP contribution in [0, 0.1) is 0 Å². The number of carbonyl (C=O) groups excluding carboxylic acids is 1. The molecule has 10 nitrogen and oxygen atoms in total. The van der Waals surface area contributed by atoms with Gasteiger partial charge in [0.05, 0.1) is 42.7 Å². The largest absolute Gasteiger partial charge is 0.544 e. The lowest BCUT2D eigenvalue weighted by molar-refractivity contribution is 0.0842. The van der Waals surface area contributed by atoms with Gasteiger partial charge in [0.25, 0.3) is 0 Å². The molecule has 0 amide bonds. The molecule has 2 heterocycles. The van der Waals surface area contributed by atoms with Crippen molar-refractivity contribution in [2.75, 3.05) is 49.0 Å². The molecule has 4 aromatic rings. The molecule has 0 unspecified atom stereocenters. The van der Waals surface area contributed by atoms with E-state index in [4.69, 9.17) is 42.3 Å². The van der Waals surface area contributed by atoms with Crippen molar-refractivity contribution in [2.24, 2.45) is 0 Å². The van der Waals surface area contributed by atoms with Crippen LogP contribution in [0.4, 0.5) is 0 Å². The van der Waals surface area contributed by atoms with E-state index in [1.54, 1.807) is 42.7 Å². The van der Waals surface area contributed by atoms with Crippen molar-refractivity contribution in [1.29, 1.82) is 0 Å². The molecule has 0 atom stereocenters. The molecule has 6 rings (SSSR count). The number of carbonyl (C=O) groups is 1. The second-order valence-electron chi connectivity index (χ2n) is 16.7. The summed E-state index contributed by atoms with van der Waals surface area (Å²) in [5, 5.41) is 0. The van der Waals surface area contributed by atoms with Crippen LogP contribution in [0.2, 0.25) is 19.6 Å². The Morgan fingerprint density at radius 2 is 1.05 bits per heavy atom. The Hall–Kier alpha value is -5.00. The van der Waals surface area contributed by atoms with Gasteiger partial charge in [-0.25, -0.2) is 0 Å². The van der Waals surface area contributed by atoms with Crippen LogP contribution in [-0.4, -0.2) is 74.3 Å². The molecule has 60 heavy (non-hydrogen) atoms. The molecule has 0 aromatic heterocycles. The number of Topliss-reactive ketones (excluding diaryl/α,β-unsaturated/α-hetero) is 1. The minimum Gasteiger partial charge on any atom is -0.544 e. The zero-order chi connectivity index (χ0) is 44.4. The minimum atomic E-state index is -1.86. The maximum Gasteiger partial charge on any atom is 0.242 e. The number of hydrogen-bond acceptors (Lipinski definition) is 10. The van der Waals surface area contributed by atoms with Gasteiger partial charge in [0.2, 0.25) is 19.8 Å². The Bertz CT molecular complexity index is 2090. The van der Waals surface area contributed by atoms with E-state index in [-0.39, 0.29) is 23.4 Å². The lowest BCUT2D eigenvalue weighted by atomic mass is 9.92. The number of halogens is 1. The number of benzene rings is 4. The highest BCUT2D eigenvalue weighted by Gasteiger charge is 2.29. The normalized spacial score (nSPS) is 14.8. The fourth-order valence-corrected chi connectivity index (χ4v) is 7.84. The van der Waals surface area contributed by atoms with E-state index in [1.165, 1.54) is 11.9 Å². The quantitative estimate of drug-likeness (QED) is 0.0425. The first-order chi connectivity index (χ1) is 28.4. The van der Waals surface area contributed by atoms with Crippen LogP contribution in [0.25, 0.3) is 11.8 Å². The molecule has 326 valence electrons. The Morgan fingerprint density at radius 1 is 0.633 bits per heavy atom. The first-order valence-electron chi connectivity index (χ1n) is 20.0. The summed E-state index contributed by atoms with van der Waals surface area (Å²) in [5.74, 6) is 6.10. The van der Waals surface area contributed by atoms with Crippen molar-refractivity contribution in [2.45, 2.75) is 90.6 Å². The monoisotopic (exact) mass is 862 g/mol. The maximum absolute atomic E-state index is 12.8. The zero-order valence-electron chi connectivity index (χ0n) is 37.8. The molecule has 2 aliphatic heterocycles. The summed E-state index contributed by atoms with van der Waals surface area (Å²) in [6.07, 6.45) is 7.59. The number of alkyl halides is 1. The Labute approximate surface area is 363 Å². The van der Waals surface area contributed by atoms with Crippen molar-refractivity contribution in [3.8, 4) is 46.0 Å². The fourth-order valence-electron chi connectivity index (χ4n) is 7.01. The Balaban J connectivity index is 0.000000256. The van der Waals surface area contributed by atoms with Crippen molar-refractivity contribution in [3.05, 3.63) is 94.0 Å². The zero-order valence-corrected chi connectivity index (χ0v) is 39.6. The first kappa shape index (κ1) is 47.7. The topological polar surface area (TPSA) is 100 Å². The third-order valence-corrected chi connectivity index (χ3v) is 10.8. The van der Waals surface area contributed by atoms with Gasteiger partial charge in [0.15, 0.2) is 28.8 Å². The van der Waals surface area contributed by atoms with Crippen molar-refractivity contribution in [1.82, 2.24) is 0 Å². The average Bonchev–Trinajstić information content (AvgIpc) is 3.22. The van der Waals surface area contributed by atoms with E-state index in [0.29, 0.717) is 40.1 Å². The summed E-state index contributed by atoms with van der Waals surface area (Å²) in [6, 6.07) is 19.5. The van der Waals surface area contributed by atoms with Crippen LogP contribution < -0.4 is 37.9 Å². The lowest BCUT2D eigenvalue weighted by Gasteiger charge is -2.33. The Kier molecular flexibility index (Phi) is 16.3. The fraction of sp³-hybridized carbons (Fsp3) is 0.438. The molecule has 0 N–H and O–H groups in total. The highest BCUT2D eigenvalue weighted by molar-refractivity contribution is 6.70. The number of methoxy groups -OCH3 is 6. The number of fused-ring (bicyclic) bond motifs is 2. The van der Waals surface area contributed by atoms with E-state index >= 15 is 0 Å². The van der Waals surface area contributed by atoms with Crippen LogP contribution in [0.5, 0.6) is 46.0 Å². The van der Waals surface area contributed by atoms with Crippen LogP contribution in [0.3, 0.4) is 0 Å². The van der Waals surface area contributed by atoms with E-state index in [1.807, 2.05) is 48.5 Å². The van der Waals surface area contributed by atoms with Crippen molar-refractivity contribution in [3.63, 3.8) is 0 Å². The summed E-state index contributed by atoms with van der Waals surface area (Å²) >= 11 is 4.64. The van der Waals surface area contributed by atoms with Crippen LogP contribution in [-0.2, 0) is 23.7 Å². The lowest BCUT2D eigenvalue weighted by Crippen LogP contribution is -2.32. The molecule has 4 aromatic carbocycles. The van der Waals surface area contributed by atoms with Crippen molar-refractivity contribution < 1.29 is 47.1 Å². The smallest absolute Gasteiger partial charge is 0.242 e. The van der Waals surface area contributed by atoms with Gasteiger partial charge < -0.3 is 42.3 Å². The predicted octanol–water partition coefficient (Wildman–Crippen LogP) is 11.3. The molecule has 0 aliphatic carbocycles. The second kappa shape index (κ2) is 20.5. The summed E-state index contributed by atoms with van der Waals surface area (Å²) in [4.78, 5) is 12.8. The number of aryl methyl sites for hydroxylation is 2. The summed E-state index contributed by atoms with van der Waals surface area (Å²) in [6.45, 7) is 15.0. The van der Waals surface area contributed by atoms with Gasteiger partial charge in [-0.15, -0.1) is 11.6 Å². The van der Waals surface area contributed by atoms with E-state index in [0.717, 1.165) is 65.2 Å². The maximum atomic E-state index is 12.8. The van der Waals surface area contributed by atoms with E-state index in [2.05, 4.69) is 77.1 Å². The standard InChI is InChI=1S/C25H34O5Si.C22H26O5.CH3Cl/c1-25(2)12-11-19-16-18(9-10-20(19)29-25)21(30-31(6,7)8)13-17-14-22(26-3)24(28-5)23(15-17)27-4;1-22(2)9-8-16-13-15(6-7-18(16)27-22)17(23)10-14-11-19(24-3)21(26-5)20(12-14)25-4;1-2/h9-10,13-16H,11-12H2,1-8H3;6-7,11-13H,8-10H2,1-5H3;1H3/b21-13-;;. The van der Waals surface area contributed by atoms with Crippen molar-refractivity contribution >= 4 is 37.5 Å². The molecule has 0 fully saturated rings. The third kappa shape index (κ3) is 12.3. The van der Waals surface area contributed by atoms with Gasteiger partial charge >= 0.3 is 0 Å². The van der Waals surface area contributed by atoms with Gasteiger partial charge in [0, 0.05) is 23.9 Å². The number of ether oxygens (including phenoxy) is 8. The van der Waals surface area contributed by atoms with Gasteiger partial charge in [-0.05, 0) is 162 Å². The molecule has 0 bridgehead atoms. The predicted molar refractivity (Wildman–Crippen MR) is 243 cm³/mol. The highest BCUT2D eigenvalue weighted by atomic mass is 35.5. The number of ketones is 1. The molecule has 0 spiro atoms. The molecule has 12 heteroatoms. The molecular formula is C48H63ClO10Si. The van der Waals surface area contributed by atoms with Gasteiger partial charge in [-0.2, -0.15) is 0 Å². The van der Waals surface area contributed by atoms with Gasteiger partial charge in [-0.1, -0.05) is 0 Å². The van der Waals surface area contributed by atoms with Crippen LogP contribution >= 0.6 is 11.6 Å². The average molecular weight is 864 g/mol. The minimum absolute atomic E-state index is 0.0388. The second-order valence-corrected chi connectivity index (χ2v) is 21.1. The molecule has 2 aliphatic rings. The van der Waals surface area contributed by atoms with Gasteiger partial charge in [0.1, 0.15) is 28.5 Å². The molecule has 0 saturated carbocycles. The molecule has 0 radical (unpaired) electrons. The summed E-state index contributed by atoms with van der Waals surface area (Å²) < 4.78 is 51.2. The number of hydrogen-bond donors (Lipinski definition) is 0. The van der Waals surface area contributed by atoms with Crippen LogP contribution in [0.15, 0.2) is 60.7 Å². The highest BCUT2D eigenvalue weighted by Crippen LogP contribution is 2.41. The SMILES string of the molecule is CCl.COc1cc(/C=C(\O[Si](C)(C)C)c2ccc3c(c2)CCC(C)(C)O3)cc(OC)c1OC.COc1cc(CC(=O)c2ccc3c(c2)CCC(C)(C)O3)cc(OC)c1OC. The molecular weight excluding hydrogens is 800 g/mol. The number of rotatable bonds is 13. The summed E-state index contributed by atoms with van der Waals surface area (Å²) in [7, 11) is 7.66. The first-order valence-corrected chi connectivity index (χ1v) is 24.1. The summed E-state index contributed by atoms with van der Waals surface area (Å²) in [5.41, 5.74) is 5.47. The Morgan fingerprint density at radius 3 is 1.47 bits per heavy atom. The third-order valence-electron chi connectivity index (χ3n) is 9.98. The van der Waals surface area contributed by atoms with E-state index < -0.39 is 8.32 Å².